The van der Waals surface area contributed by atoms with Gasteiger partial charge in [-0.25, -0.2) is 8.78 Å². The van der Waals surface area contributed by atoms with Gasteiger partial charge in [0.15, 0.2) is 0 Å². The predicted octanol–water partition coefficient (Wildman–Crippen LogP) is 4.11. The molecule has 3 atom stereocenters. The number of aliphatic hydroxyl groups excluding tert-OH is 1. The van der Waals surface area contributed by atoms with Crippen LogP contribution in [0.1, 0.15) is 56.8 Å². The third-order valence-electron chi connectivity index (χ3n) is 5.78. The Kier molecular flexibility index (Phi) is 8.08. The number of rotatable bonds is 8. The quantitative estimate of drug-likeness (QED) is 0.480. The van der Waals surface area contributed by atoms with E-state index in [2.05, 4.69) is 54.9 Å². The van der Waals surface area contributed by atoms with Gasteiger partial charge in [0.05, 0.1) is 12.1 Å². The molecule has 1 amide bonds. The minimum atomic E-state index is -0.934. The van der Waals surface area contributed by atoms with E-state index in [9.17, 15) is 18.7 Å². The van der Waals surface area contributed by atoms with Crippen LogP contribution < -0.4 is 16.0 Å². The van der Waals surface area contributed by atoms with Gasteiger partial charge in [0.25, 0.3) is 0 Å². The molecule has 0 saturated carbocycles. The largest absolute Gasteiger partial charge is 0.390 e. The molecule has 1 heterocycles. The Labute approximate surface area is 195 Å². The number of halogens is 2. The number of amides is 1. The van der Waals surface area contributed by atoms with Crippen molar-refractivity contribution in [2.45, 2.75) is 65.1 Å². The molecule has 0 fully saturated rings. The van der Waals surface area contributed by atoms with Gasteiger partial charge in [0, 0.05) is 37.8 Å². The van der Waals surface area contributed by atoms with Crippen molar-refractivity contribution < 1.29 is 18.7 Å². The second-order valence-electron chi connectivity index (χ2n) is 10.2. The van der Waals surface area contributed by atoms with Gasteiger partial charge in [0.1, 0.15) is 11.6 Å². The lowest BCUT2D eigenvalue weighted by Crippen LogP contribution is -2.48. The van der Waals surface area contributed by atoms with Gasteiger partial charge < -0.3 is 21.1 Å². The molecule has 1 aliphatic heterocycles. The van der Waals surface area contributed by atoms with E-state index in [1.165, 1.54) is 30.2 Å². The zero-order valence-corrected chi connectivity index (χ0v) is 19.8. The zero-order chi connectivity index (χ0) is 24.2. The number of carbonyl (C=O) groups is 1. The molecule has 2 aromatic carbocycles. The van der Waals surface area contributed by atoms with Crippen LogP contribution in [-0.2, 0) is 17.6 Å². The molecule has 0 radical (unpaired) electrons. The summed E-state index contributed by atoms with van der Waals surface area (Å²) in [5.41, 5.74) is 4.07. The summed E-state index contributed by atoms with van der Waals surface area (Å²) in [6.45, 7) is 9.04. The molecule has 7 heteroatoms. The summed E-state index contributed by atoms with van der Waals surface area (Å²) >= 11 is 0. The molecular weight excluding hydrogens is 424 g/mol. The number of benzene rings is 2. The van der Waals surface area contributed by atoms with Crippen LogP contribution in [0.3, 0.4) is 0 Å². The minimum absolute atomic E-state index is 0.0559. The van der Waals surface area contributed by atoms with Crippen LogP contribution >= 0.6 is 0 Å². The zero-order valence-electron chi connectivity index (χ0n) is 19.8. The van der Waals surface area contributed by atoms with Crippen molar-refractivity contribution in [1.29, 1.82) is 0 Å². The van der Waals surface area contributed by atoms with Crippen LogP contribution in [0.5, 0.6) is 0 Å². The summed E-state index contributed by atoms with van der Waals surface area (Å²) in [6.07, 6.45) is 1.01. The topological polar surface area (TPSA) is 73.4 Å². The lowest BCUT2D eigenvalue weighted by molar-refractivity contribution is -0.120. The first-order valence-corrected chi connectivity index (χ1v) is 11.5. The van der Waals surface area contributed by atoms with E-state index in [1.54, 1.807) is 0 Å². The van der Waals surface area contributed by atoms with Crippen LogP contribution in [0.2, 0.25) is 0 Å². The predicted molar refractivity (Wildman–Crippen MR) is 127 cm³/mol. The molecule has 180 valence electrons. The summed E-state index contributed by atoms with van der Waals surface area (Å²) in [5.74, 6) is -1.68. The van der Waals surface area contributed by atoms with Crippen molar-refractivity contribution in [2.24, 2.45) is 5.41 Å². The fourth-order valence-electron chi connectivity index (χ4n) is 4.43. The monoisotopic (exact) mass is 459 g/mol. The molecule has 2 aromatic rings. The van der Waals surface area contributed by atoms with Crippen LogP contribution in [0.25, 0.3) is 0 Å². The summed E-state index contributed by atoms with van der Waals surface area (Å²) in [7, 11) is 0. The van der Waals surface area contributed by atoms with Gasteiger partial charge in [0.2, 0.25) is 5.91 Å². The number of carbonyl (C=O) groups excluding carboxylic acids is 1. The maximum absolute atomic E-state index is 13.6. The number of hydrogen-bond acceptors (Lipinski definition) is 4. The third-order valence-corrected chi connectivity index (χ3v) is 5.78. The molecule has 1 aliphatic rings. The molecule has 0 aromatic heterocycles. The van der Waals surface area contributed by atoms with Crippen molar-refractivity contribution in [2.75, 3.05) is 18.4 Å². The van der Waals surface area contributed by atoms with Crippen LogP contribution in [0, 0.1) is 17.0 Å². The fourth-order valence-corrected chi connectivity index (χ4v) is 4.43. The molecular formula is C26H35F2N3O2. The maximum atomic E-state index is 13.6. The van der Waals surface area contributed by atoms with E-state index < -0.39 is 23.8 Å². The normalized spacial score (nSPS) is 17.6. The Hall–Kier alpha value is -2.51. The van der Waals surface area contributed by atoms with Crippen molar-refractivity contribution in [3.8, 4) is 0 Å². The Balaban J connectivity index is 1.70. The number of anilines is 1. The number of nitrogens with one attached hydrogen (secondary N) is 3. The summed E-state index contributed by atoms with van der Waals surface area (Å²) in [4.78, 5) is 11.7. The van der Waals surface area contributed by atoms with Crippen molar-refractivity contribution in [3.63, 3.8) is 0 Å². The summed E-state index contributed by atoms with van der Waals surface area (Å²) in [6, 6.07) is 9.11. The van der Waals surface area contributed by atoms with Crippen LogP contribution in [-0.4, -0.2) is 36.2 Å². The standard InChI is InChI=1S/C26H35F2N3O2/c1-16(32)31-24(12-18-9-19(27)13-20(28)10-18)25(33)15-30-23-7-8-29-22-6-5-17(11-21(22)23)14-26(2,3)4/h5-6,9-11,13,23-25,29-30,33H,7-8,12,14-15H2,1-4H3,(H,31,32)/t23?,24-,25-/m0/s1. The van der Waals surface area contributed by atoms with E-state index in [-0.39, 0.29) is 30.3 Å². The molecule has 0 saturated heterocycles. The maximum Gasteiger partial charge on any atom is 0.217 e. The molecule has 4 N–H and O–H groups in total. The molecule has 5 nitrogen and oxygen atoms in total. The second kappa shape index (κ2) is 10.6. The Bertz CT molecular complexity index is 954. The molecule has 0 spiro atoms. The van der Waals surface area contributed by atoms with E-state index in [0.717, 1.165) is 31.1 Å². The highest BCUT2D eigenvalue weighted by Crippen LogP contribution is 2.32. The highest BCUT2D eigenvalue weighted by molar-refractivity contribution is 5.73. The van der Waals surface area contributed by atoms with Gasteiger partial charge >= 0.3 is 0 Å². The van der Waals surface area contributed by atoms with E-state index in [1.807, 2.05) is 0 Å². The first-order valence-electron chi connectivity index (χ1n) is 11.5. The molecule has 33 heavy (non-hydrogen) atoms. The lowest BCUT2D eigenvalue weighted by Gasteiger charge is -2.31. The number of hydrogen-bond donors (Lipinski definition) is 4. The molecule has 1 unspecified atom stereocenters. The van der Waals surface area contributed by atoms with Crippen molar-refractivity contribution >= 4 is 11.6 Å². The highest BCUT2D eigenvalue weighted by atomic mass is 19.1. The minimum Gasteiger partial charge on any atom is -0.390 e. The van der Waals surface area contributed by atoms with Gasteiger partial charge in [-0.2, -0.15) is 0 Å². The average Bonchev–Trinajstić information content (AvgIpc) is 2.69. The highest BCUT2D eigenvalue weighted by Gasteiger charge is 2.25. The van der Waals surface area contributed by atoms with Crippen LogP contribution in [0.15, 0.2) is 36.4 Å². The van der Waals surface area contributed by atoms with Gasteiger partial charge in [-0.15, -0.1) is 0 Å². The van der Waals surface area contributed by atoms with Crippen molar-refractivity contribution in [3.05, 3.63) is 64.7 Å². The van der Waals surface area contributed by atoms with Gasteiger partial charge in [-0.3, -0.25) is 4.79 Å². The first kappa shape index (κ1) is 25.1. The Morgan fingerprint density at radius 1 is 1.15 bits per heavy atom. The summed E-state index contributed by atoms with van der Waals surface area (Å²) in [5, 5.41) is 20.5. The third kappa shape index (κ3) is 7.51. The van der Waals surface area contributed by atoms with E-state index in [4.69, 9.17) is 0 Å². The smallest absolute Gasteiger partial charge is 0.217 e. The molecule has 0 aliphatic carbocycles. The van der Waals surface area contributed by atoms with Crippen molar-refractivity contribution in [1.82, 2.24) is 10.6 Å². The number of fused-ring (bicyclic) bond motifs is 1. The second-order valence-corrected chi connectivity index (χ2v) is 10.2. The van der Waals surface area contributed by atoms with Gasteiger partial charge in [-0.1, -0.05) is 32.9 Å². The summed E-state index contributed by atoms with van der Waals surface area (Å²) < 4.78 is 27.2. The lowest BCUT2D eigenvalue weighted by atomic mass is 9.86. The fraction of sp³-hybridized carbons (Fsp3) is 0.500. The van der Waals surface area contributed by atoms with Gasteiger partial charge in [-0.05, 0) is 59.6 Å². The number of aliphatic hydroxyl groups is 1. The van der Waals surface area contributed by atoms with E-state index in [0.29, 0.717) is 5.56 Å². The molecule has 0 bridgehead atoms. The first-order chi connectivity index (χ1) is 15.5. The Morgan fingerprint density at radius 3 is 2.48 bits per heavy atom. The van der Waals surface area contributed by atoms with E-state index >= 15 is 0 Å². The average molecular weight is 460 g/mol. The Morgan fingerprint density at radius 2 is 1.85 bits per heavy atom. The SMILES string of the molecule is CC(=O)N[C@@H](Cc1cc(F)cc(F)c1)[C@@H](O)CNC1CCNc2ccc(CC(C)(C)C)cc21. The van der Waals surface area contributed by atoms with Crippen LogP contribution in [0.4, 0.5) is 14.5 Å². The molecule has 3 rings (SSSR count).